The highest BCUT2D eigenvalue weighted by molar-refractivity contribution is 5.98. The average Bonchev–Trinajstić information content (AvgIpc) is 2.15. The number of carboxylic acid groups (broad SMARTS) is 2. The van der Waals surface area contributed by atoms with Gasteiger partial charge in [-0.05, 0) is 31.1 Å². The molecule has 1 aliphatic carbocycles. The zero-order chi connectivity index (χ0) is 12.6. The summed E-state index contributed by atoms with van der Waals surface area (Å²) in [7, 11) is 0. The minimum absolute atomic E-state index is 0.400. The number of hydrogen-bond acceptors (Lipinski definition) is 2. The molecule has 1 rings (SSSR count). The van der Waals surface area contributed by atoms with E-state index in [-0.39, 0.29) is 0 Å². The predicted molar refractivity (Wildman–Crippen MR) is 59.1 cm³/mol. The maximum absolute atomic E-state index is 11.3. The van der Waals surface area contributed by atoms with Crippen molar-refractivity contribution in [1.82, 2.24) is 0 Å². The van der Waals surface area contributed by atoms with E-state index in [4.69, 9.17) is 0 Å². The van der Waals surface area contributed by atoms with Crippen molar-refractivity contribution in [2.75, 3.05) is 0 Å². The quantitative estimate of drug-likeness (QED) is 0.727. The third-order valence-corrected chi connectivity index (χ3v) is 4.29. The maximum atomic E-state index is 11.3. The normalized spacial score (nSPS) is 31.1. The summed E-state index contributed by atoms with van der Waals surface area (Å²) in [5.41, 5.74) is -2.33. The molecule has 0 aromatic rings. The minimum Gasteiger partial charge on any atom is -0.480 e. The van der Waals surface area contributed by atoms with E-state index in [0.717, 1.165) is 12.8 Å². The summed E-state index contributed by atoms with van der Waals surface area (Å²) in [6.45, 7) is 5.20. The number of rotatable bonds is 3. The summed E-state index contributed by atoms with van der Waals surface area (Å²) in [6.07, 6.45) is 3.31. The van der Waals surface area contributed by atoms with Crippen LogP contribution in [0.4, 0.5) is 0 Å². The molecular weight excluding hydrogens is 208 g/mol. The SMILES string of the molecule is CC1CCCC(C)(C(C)(C(=O)O)C(=O)O)C1. The van der Waals surface area contributed by atoms with Gasteiger partial charge in [0.25, 0.3) is 0 Å². The zero-order valence-electron chi connectivity index (χ0n) is 10.1. The van der Waals surface area contributed by atoms with Crippen LogP contribution in [-0.2, 0) is 9.59 Å². The third kappa shape index (κ3) is 1.81. The Balaban J connectivity index is 3.11. The van der Waals surface area contributed by atoms with Crippen molar-refractivity contribution in [1.29, 1.82) is 0 Å². The first-order valence-corrected chi connectivity index (χ1v) is 5.71. The van der Waals surface area contributed by atoms with Crippen LogP contribution in [0.5, 0.6) is 0 Å². The van der Waals surface area contributed by atoms with Gasteiger partial charge in [0.2, 0.25) is 0 Å². The Labute approximate surface area is 95.7 Å². The Morgan fingerprint density at radius 1 is 1.31 bits per heavy atom. The Morgan fingerprint density at radius 3 is 2.19 bits per heavy atom. The molecule has 0 radical (unpaired) electrons. The molecule has 2 atom stereocenters. The number of carbonyl (C=O) groups is 2. The Hall–Kier alpha value is -1.06. The lowest BCUT2D eigenvalue weighted by Crippen LogP contribution is -2.51. The molecule has 16 heavy (non-hydrogen) atoms. The fourth-order valence-corrected chi connectivity index (χ4v) is 2.88. The van der Waals surface area contributed by atoms with Crippen LogP contribution < -0.4 is 0 Å². The van der Waals surface area contributed by atoms with E-state index in [1.165, 1.54) is 6.92 Å². The Kier molecular flexibility index (Phi) is 3.31. The lowest BCUT2D eigenvalue weighted by atomic mass is 9.57. The van der Waals surface area contributed by atoms with Crippen LogP contribution in [0.1, 0.15) is 46.5 Å². The van der Waals surface area contributed by atoms with Crippen molar-refractivity contribution in [3.05, 3.63) is 0 Å². The molecule has 0 bridgehead atoms. The Morgan fingerprint density at radius 2 is 1.81 bits per heavy atom. The number of aliphatic carboxylic acids is 2. The molecule has 0 spiro atoms. The maximum Gasteiger partial charge on any atom is 0.321 e. The predicted octanol–water partition coefficient (Wildman–Crippen LogP) is 2.38. The lowest BCUT2D eigenvalue weighted by molar-refractivity contribution is -0.176. The molecular formula is C12H20O4. The fourth-order valence-electron chi connectivity index (χ4n) is 2.88. The van der Waals surface area contributed by atoms with Crippen molar-refractivity contribution in [2.24, 2.45) is 16.7 Å². The van der Waals surface area contributed by atoms with Crippen LogP contribution in [0.2, 0.25) is 0 Å². The second-order valence-electron chi connectivity index (χ2n) is 5.50. The highest BCUT2D eigenvalue weighted by Gasteiger charge is 2.57. The first-order valence-electron chi connectivity index (χ1n) is 5.71. The molecule has 4 nitrogen and oxygen atoms in total. The van der Waals surface area contributed by atoms with Crippen molar-refractivity contribution in [3.63, 3.8) is 0 Å². The van der Waals surface area contributed by atoms with Crippen molar-refractivity contribution in [2.45, 2.75) is 46.5 Å². The standard InChI is InChI=1S/C12H20O4/c1-8-5-4-6-11(2,7-8)12(3,9(13)14)10(15)16/h8H,4-7H2,1-3H3,(H,13,14)(H,15,16). The lowest BCUT2D eigenvalue weighted by Gasteiger charge is -2.45. The molecule has 0 amide bonds. The minimum atomic E-state index is -1.68. The second kappa shape index (κ2) is 4.07. The summed E-state index contributed by atoms with van der Waals surface area (Å²) in [5.74, 6) is -2.05. The van der Waals surface area contributed by atoms with Gasteiger partial charge in [-0.3, -0.25) is 9.59 Å². The topological polar surface area (TPSA) is 74.6 Å². The summed E-state index contributed by atoms with van der Waals surface area (Å²) in [6, 6.07) is 0. The first-order chi connectivity index (χ1) is 7.24. The fraction of sp³-hybridized carbons (Fsp3) is 0.833. The third-order valence-electron chi connectivity index (χ3n) is 4.29. The Bertz CT molecular complexity index is 296. The average molecular weight is 228 g/mol. The van der Waals surface area contributed by atoms with Crippen LogP contribution in [-0.4, -0.2) is 22.2 Å². The summed E-state index contributed by atoms with van der Waals surface area (Å²) in [4.78, 5) is 22.6. The monoisotopic (exact) mass is 228 g/mol. The number of carboxylic acids is 2. The van der Waals surface area contributed by atoms with Crippen LogP contribution >= 0.6 is 0 Å². The molecule has 2 unspecified atom stereocenters. The van der Waals surface area contributed by atoms with E-state index in [1.54, 1.807) is 6.92 Å². The van der Waals surface area contributed by atoms with Gasteiger partial charge in [-0.1, -0.05) is 26.7 Å². The summed E-state index contributed by atoms with van der Waals surface area (Å²) < 4.78 is 0. The number of hydrogen-bond donors (Lipinski definition) is 2. The van der Waals surface area contributed by atoms with Crippen molar-refractivity contribution >= 4 is 11.9 Å². The largest absolute Gasteiger partial charge is 0.480 e. The van der Waals surface area contributed by atoms with Gasteiger partial charge in [0.05, 0.1) is 0 Å². The van der Waals surface area contributed by atoms with E-state index >= 15 is 0 Å². The summed E-state index contributed by atoms with van der Waals surface area (Å²) in [5, 5.41) is 18.5. The van der Waals surface area contributed by atoms with Crippen LogP contribution in [0.25, 0.3) is 0 Å². The molecule has 0 heterocycles. The summed E-state index contributed by atoms with van der Waals surface area (Å²) >= 11 is 0. The van der Waals surface area contributed by atoms with Crippen LogP contribution in [0, 0.1) is 16.7 Å². The van der Waals surface area contributed by atoms with Gasteiger partial charge in [-0.25, -0.2) is 0 Å². The molecule has 92 valence electrons. The highest BCUT2D eigenvalue weighted by atomic mass is 16.4. The van der Waals surface area contributed by atoms with Crippen LogP contribution in [0.15, 0.2) is 0 Å². The zero-order valence-corrected chi connectivity index (χ0v) is 10.1. The van der Waals surface area contributed by atoms with Gasteiger partial charge in [0.1, 0.15) is 0 Å². The van der Waals surface area contributed by atoms with E-state index in [2.05, 4.69) is 6.92 Å². The van der Waals surface area contributed by atoms with E-state index in [0.29, 0.717) is 18.8 Å². The van der Waals surface area contributed by atoms with E-state index in [1.807, 2.05) is 0 Å². The molecule has 1 saturated carbocycles. The molecule has 0 aliphatic heterocycles. The van der Waals surface area contributed by atoms with Gasteiger partial charge < -0.3 is 10.2 Å². The molecule has 0 saturated heterocycles. The molecule has 0 aromatic heterocycles. The van der Waals surface area contributed by atoms with Crippen molar-refractivity contribution < 1.29 is 19.8 Å². The van der Waals surface area contributed by atoms with Gasteiger partial charge >= 0.3 is 11.9 Å². The second-order valence-corrected chi connectivity index (χ2v) is 5.50. The van der Waals surface area contributed by atoms with E-state index < -0.39 is 22.8 Å². The molecule has 4 heteroatoms. The van der Waals surface area contributed by atoms with E-state index in [9.17, 15) is 19.8 Å². The highest BCUT2D eigenvalue weighted by Crippen LogP contribution is 2.51. The smallest absolute Gasteiger partial charge is 0.321 e. The van der Waals surface area contributed by atoms with Gasteiger partial charge in [-0.2, -0.15) is 0 Å². The van der Waals surface area contributed by atoms with Crippen molar-refractivity contribution in [3.8, 4) is 0 Å². The van der Waals surface area contributed by atoms with Gasteiger partial charge in [0, 0.05) is 0 Å². The van der Waals surface area contributed by atoms with Gasteiger partial charge in [0.15, 0.2) is 5.41 Å². The first kappa shape index (κ1) is 13.0. The van der Waals surface area contributed by atoms with Crippen LogP contribution in [0.3, 0.4) is 0 Å². The molecule has 1 aliphatic rings. The molecule has 2 N–H and O–H groups in total. The van der Waals surface area contributed by atoms with Gasteiger partial charge in [-0.15, -0.1) is 0 Å². The molecule has 1 fully saturated rings. The molecule has 0 aromatic carbocycles.